The fourth-order valence-electron chi connectivity index (χ4n) is 6.01. The van der Waals surface area contributed by atoms with Gasteiger partial charge in [-0.25, -0.2) is 0 Å². The van der Waals surface area contributed by atoms with Crippen LogP contribution in [0.2, 0.25) is 0 Å². The molecule has 6 nitrogen and oxygen atoms in total. The van der Waals surface area contributed by atoms with Gasteiger partial charge in [-0.1, -0.05) is 6.92 Å². The molecule has 5 rings (SSSR count). The molecule has 6 atom stereocenters. The zero-order chi connectivity index (χ0) is 22.4. The van der Waals surface area contributed by atoms with Crippen molar-refractivity contribution in [3.8, 4) is 0 Å². The van der Waals surface area contributed by atoms with Gasteiger partial charge in [0.05, 0.1) is 5.52 Å². The van der Waals surface area contributed by atoms with Crippen LogP contribution in [0, 0.1) is 18.8 Å². The lowest BCUT2D eigenvalue weighted by atomic mass is 9.74. The van der Waals surface area contributed by atoms with Crippen molar-refractivity contribution in [1.29, 1.82) is 0 Å². The van der Waals surface area contributed by atoms with Crippen molar-refractivity contribution < 1.29 is 4.79 Å². The molecule has 32 heavy (non-hydrogen) atoms. The number of hydrogen-bond acceptors (Lipinski definition) is 5. The second-order valence-corrected chi connectivity index (χ2v) is 11.3. The first-order valence-corrected chi connectivity index (χ1v) is 13.1. The van der Waals surface area contributed by atoms with Crippen LogP contribution in [-0.2, 0) is 11.8 Å². The highest BCUT2D eigenvalue weighted by Crippen LogP contribution is 2.39. The number of nitrogens with one attached hydrogen (secondary N) is 2. The molecule has 2 aliphatic carbocycles. The Hall–Kier alpha value is -1.86. The summed E-state index contributed by atoms with van der Waals surface area (Å²) in [4.78, 5) is 30.8. The minimum absolute atomic E-state index is 0.0796. The monoisotopic (exact) mass is 454 g/mol. The van der Waals surface area contributed by atoms with Crippen molar-refractivity contribution in [3.63, 3.8) is 0 Å². The molecule has 1 saturated heterocycles. The van der Waals surface area contributed by atoms with Gasteiger partial charge in [0.2, 0.25) is 5.91 Å². The SMILES string of the molecule is Cc1cc2c(cn1)cc(C1CC(NC(=O)C3CCC4NCSC4C3)CCC1C)c(=O)n2C. The maximum Gasteiger partial charge on any atom is 0.254 e. The number of aryl methyl sites for hydroxylation is 2. The molecule has 0 bridgehead atoms. The Bertz CT molecular complexity index is 1080. The van der Waals surface area contributed by atoms with E-state index in [-0.39, 0.29) is 29.3 Å². The molecule has 6 unspecified atom stereocenters. The Morgan fingerprint density at radius 2 is 2.06 bits per heavy atom. The van der Waals surface area contributed by atoms with Crippen molar-refractivity contribution in [3.05, 3.63) is 39.9 Å². The summed E-state index contributed by atoms with van der Waals surface area (Å²) in [5.74, 6) is 1.94. The Kier molecular flexibility index (Phi) is 6.05. The number of carbonyl (C=O) groups is 1. The van der Waals surface area contributed by atoms with E-state index >= 15 is 0 Å². The smallest absolute Gasteiger partial charge is 0.254 e. The molecule has 3 fully saturated rings. The number of aromatic nitrogens is 2. The van der Waals surface area contributed by atoms with E-state index in [1.54, 1.807) is 4.57 Å². The van der Waals surface area contributed by atoms with E-state index in [1.807, 2.05) is 44.1 Å². The van der Waals surface area contributed by atoms with Crippen LogP contribution in [0.3, 0.4) is 0 Å². The molecular weight excluding hydrogens is 420 g/mol. The molecule has 2 aromatic rings. The van der Waals surface area contributed by atoms with Gasteiger partial charge in [0.1, 0.15) is 0 Å². The Balaban J connectivity index is 1.32. The van der Waals surface area contributed by atoms with Crippen LogP contribution in [0.15, 0.2) is 23.1 Å². The summed E-state index contributed by atoms with van der Waals surface area (Å²) in [5, 5.41) is 8.51. The molecule has 2 saturated carbocycles. The number of pyridine rings is 2. The first-order chi connectivity index (χ1) is 15.4. The highest BCUT2D eigenvalue weighted by molar-refractivity contribution is 8.00. The van der Waals surface area contributed by atoms with Crippen LogP contribution in [0.25, 0.3) is 10.9 Å². The molecule has 2 aromatic heterocycles. The highest BCUT2D eigenvalue weighted by atomic mass is 32.2. The normalized spacial score (nSPS) is 32.6. The minimum Gasteiger partial charge on any atom is -0.353 e. The number of nitrogens with zero attached hydrogens (tertiary/aromatic N) is 2. The quantitative estimate of drug-likeness (QED) is 0.743. The highest BCUT2D eigenvalue weighted by Gasteiger charge is 2.38. The van der Waals surface area contributed by atoms with E-state index in [2.05, 4.69) is 22.5 Å². The minimum atomic E-state index is 0.0796. The number of fused-ring (bicyclic) bond motifs is 2. The first kappa shape index (κ1) is 22.0. The second-order valence-electron chi connectivity index (χ2n) is 10.1. The maximum atomic E-state index is 13.3. The van der Waals surface area contributed by atoms with Crippen molar-refractivity contribution in [2.45, 2.75) is 75.6 Å². The average Bonchev–Trinajstić information content (AvgIpc) is 3.26. The van der Waals surface area contributed by atoms with Crippen LogP contribution in [0.1, 0.15) is 62.6 Å². The molecule has 0 spiro atoms. The zero-order valence-electron chi connectivity index (χ0n) is 19.3. The summed E-state index contributed by atoms with van der Waals surface area (Å²) < 4.78 is 1.76. The molecule has 7 heteroatoms. The van der Waals surface area contributed by atoms with Gasteiger partial charge in [0.15, 0.2) is 0 Å². The van der Waals surface area contributed by atoms with Crippen molar-refractivity contribution in [1.82, 2.24) is 20.2 Å². The van der Waals surface area contributed by atoms with Crippen LogP contribution >= 0.6 is 11.8 Å². The van der Waals surface area contributed by atoms with E-state index < -0.39 is 0 Å². The van der Waals surface area contributed by atoms with Crippen LogP contribution in [0.5, 0.6) is 0 Å². The molecule has 0 aromatic carbocycles. The molecule has 2 N–H and O–H groups in total. The number of carbonyl (C=O) groups excluding carboxylic acids is 1. The summed E-state index contributed by atoms with van der Waals surface area (Å²) in [6.07, 6.45) is 7.78. The topological polar surface area (TPSA) is 76.0 Å². The lowest BCUT2D eigenvalue weighted by Crippen LogP contribution is -2.46. The number of hydrogen-bond donors (Lipinski definition) is 2. The Morgan fingerprint density at radius 1 is 1.22 bits per heavy atom. The summed E-state index contributed by atoms with van der Waals surface area (Å²) >= 11 is 1.96. The third kappa shape index (κ3) is 4.10. The van der Waals surface area contributed by atoms with Crippen LogP contribution < -0.4 is 16.2 Å². The predicted molar refractivity (Wildman–Crippen MR) is 130 cm³/mol. The largest absolute Gasteiger partial charge is 0.353 e. The summed E-state index contributed by atoms with van der Waals surface area (Å²) in [5.41, 5.74) is 2.78. The van der Waals surface area contributed by atoms with Gasteiger partial charge < -0.3 is 15.2 Å². The summed E-state index contributed by atoms with van der Waals surface area (Å²) in [6, 6.07) is 4.75. The first-order valence-electron chi connectivity index (χ1n) is 12.0. The van der Waals surface area contributed by atoms with Gasteiger partial charge in [0.25, 0.3) is 5.56 Å². The van der Waals surface area contributed by atoms with E-state index in [0.717, 1.165) is 66.6 Å². The Labute approximate surface area is 193 Å². The van der Waals surface area contributed by atoms with Crippen molar-refractivity contribution >= 4 is 28.6 Å². The molecule has 1 amide bonds. The van der Waals surface area contributed by atoms with Gasteiger partial charge in [0, 0.05) is 59.0 Å². The molecule has 3 aliphatic rings. The van der Waals surface area contributed by atoms with E-state index in [4.69, 9.17) is 0 Å². The van der Waals surface area contributed by atoms with Gasteiger partial charge in [-0.15, -0.1) is 11.8 Å². The third-order valence-corrected chi connectivity index (χ3v) is 9.30. The summed E-state index contributed by atoms with van der Waals surface area (Å²) in [6.45, 7) is 4.19. The van der Waals surface area contributed by atoms with Crippen molar-refractivity contribution in [2.75, 3.05) is 5.88 Å². The van der Waals surface area contributed by atoms with Crippen LogP contribution in [0.4, 0.5) is 0 Å². The maximum absolute atomic E-state index is 13.3. The molecule has 0 radical (unpaired) electrons. The molecule has 172 valence electrons. The van der Waals surface area contributed by atoms with Crippen molar-refractivity contribution in [2.24, 2.45) is 18.9 Å². The number of thioether (sulfide) groups is 1. The Morgan fingerprint density at radius 3 is 2.91 bits per heavy atom. The van der Waals surface area contributed by atoms with E-state index in [9.17, 15) is 9.59 Å². The van der Waals surface area contributed by atoms with Crippen LogP contribution in [-0.4, -0.2) is 38.7 Å². The van der Waals surface area contributed by atoms with Gasteiger partial charge >= 0.3 is 0 Å². The van der Waals surface area contributed by atoms with Gasteiger partial charge in [-0.05, 0) is 69.4 Å². The molecular formula is C25H34N4O2S. The van der Waals surface area contributed by atoms with Gasteiger partial charge in [-0.3, -0.25) is 14.6 Å². The number of rotatable bonds is 3. The van der Waals surface area contributed by atoms with Gasteiger partial charge in [-0.2, -0.15) is 0 Å². The van der Waals surface area contributed by atoms with E-state index in [0.29, 0.717) is 17.2 Å². The lowest BCUT2D eigenvalue weighted by Gasteiger charge is -2.36. The third-order valence-electron chi connectivity index (χ3n) is 8.02. The fraction of sp³-hybridized carbons (Fsp3) is 0.640. The fourth-order valence-corrected chi connectivity index (χ4v) is 7.37. The van der Waals surface area contributed by atoms with E-state index in [1.165, 1.54) is 0 Å². The molecule has 3 heterocycles. The zero-order valence-corrected chi connectivity index (χ0v) is 20.1. The standard InChI is InChI=1S/C25H34N4O2S/c1-14-4-6-18(28-24(30)16-5-7-21-23(10-16)32-13-27-21)11-19(14)20-9-17-12-26-15(2)8-22(17)29(3)25(20)31/h8-9,12,14,16,18-19,21,23,27H,4-7,10-11,13H2,1-3H3,(H,28,30). The number of amides is 1. The second kappa shape index (κ2) is 8.82. The summed E-state index contributed by atoms with van der Waals surface area (Å²) in [7, 11) is 1.85. The molecule has 1 aliphatic heterocycles. The predicted octanol–water partition coefficient (Wildman–Crippen LogP) is 3.46. The average molecular weight is 455 g/mol. The lowest BCUT2D eigenvalue weighted by molar-refractivity contribution is -0.127.